The fourth-order valence-corrected chi connectivity index (χ4v) is 1.55. The number of nitrogens with one attached hydrogen (secondary N) is 1. The lowest BCUT2D eigenvalue weighted by molar-refractivity contribution is -0.386. The summed E-state index contributed by atoms with van der Waals surface area (Å²) in [6.45, 7) is 3.14. The number of hydrogen-bond donors (Lipinski definition) is 2. The highest BCUT2D eigenvalue weighted by Gasteiger charge is 2.22. The van der Waals surface area contributed by atoms with E-state index in [1.165, 1.54) is 13.8 Å². The molecule has 0 bridgehead atoms. The normalized spacial score (nSPS) is 9.76. The highest BCUT2D eigenvalue weighted by atomic mass is 16.6. The monoisotopic (exact) mass is 236 g/mol. The zero-order valence-electron chi connectivity index (χ0n) is 9.52. The van der Waals surface area contributed by atoms with Gasteiger partial charge in [0.2, 0.25) is 0 Å². The summed E-state index contributed by atoms with van der Waals surface area (Å²) in [5.41, 5.74) is 0.518. The molecule has 0 aliphatic rings. The summed E-state index contributed by atoms with van der Waals surface area (Å²) in [6.07, 6.45) is 0. The summed E-state index contributed by atoms with van der Waals surface area (Å²) in [5, 5.41) is 31.3. The maximum Gasteiger partial charge on any atom is 0.294 e. The van der Waals surface area contributed by atoms with E-state index in [4.69, 9.17) is 10.4 Å². The Kier molecular flexibility index (Phi) is 3.96. The zero-order chi connectivity index (χ0) is 13.0. The molecule has 0 fully saturated rings. The van der Waals surface area contributed by atoms with Crippen molar-refractivity contribution in [2.24, 2.45) is 0 Å². The van der Waals surface area contributed by atoms with Crippen LogP contribution in [-0.4, -0.2) is 28.2 Å². The molecule has 7 nitrogen and oxygen atoms in total. The summed E-state index contributed by atoms with van der Waals surface area (Å²) in [6, 6.07) is 1.88. The number of aromatic nitrogens is 1. The van der Waals surface area contributed by atoms with Crippen LogP contribution in [0.15, 0.2) is 0 Å². The van der Waals surface area contributed by atoms with Crippen LogP contribution in [0.1, 0.15) is 16.8 Å². The Hall–Kier alpha value is -2.20. The highest BCUT2D eigenvalue weighted by Crippen LogP contribution is 2.28. The number of aliphatic hydroxyl groups is 1. The Morgan fingerprint density at radius 1 is 1.59 bits per heavy atom. The molecule has 2 N–H and O–H groups in total. The van der Waals surface area contributed by atoms with Gasteiger partial charge in [0.25, 0.3) is 5.69 Å². The molecular formula is C10H12N4O3. The quantitative estimate of drug-likeness (QED) is 0.592. The Morgan fingerprint density at radius 3 is 2.71 bits per heavy atom. The van der Waals surface area contributed by atoms with Gasteiger partial charge in [-0.1, -0.05) is 0 Å². The number of hydrogen-bond acceptors (Lipinski definition) is 6. The topological polar surface area (TPSA) is 112 Å². The van der Waals surface area contributed by atoms with Crippen LogP contribution >= 0.6 is 0 Å². The molecule has 90 valence electrons. The molecule has 0 radical (unpaired) electrons. The minimum Gasteiger partial charge on any atom is -0.395 e. The fraction of sp³-hybridized carbons (Fsp3) is 0.400. The third kappa shape index (κ3) is 2.49. The Morgan fingerprint density at radius 2 is 2.24 bits per heavy atom. The molecule has 17 heavy (non-hydrogen) atoms. The first-order valence-corrected chi connectivity index (χ1v) is 4.93. The van der Waals surface area contributed by atoms with Crippen LogP contribution in [-0.2, 0) is 0 Å². The molecule has 1 aromatic rings. The van der Waals surface area contributed by atoms with Gasteiger partial charge in [-0.2, -0.15) is 5.26 Å². The van der Waals surface area contributed by atoms with Gasteiger partial charge in [0.05, 0.1) is 17.1 Å². The van der Waals surface area contributed by atoms with Gasteiger partial charge in [0, 0.05) is 6.54 Å². The minimum atomic E-state index is -0.547. The number of aryl methyl sites for hydroxylation is 1. The van der Waals surface area contributed by atoms with E-state index in [0.717, 1.165) is 0 Å². The SMILES string of the molecule is Cc1nc(NCCO)c(C#N)c(C)c1[N+](=O)[O-]. The molecule has 0 unspecified atom stereocenters. The van der Waals surface area contributed by atoms with E-state index >= 15 is 0 Å². The molecule has 1 aromatic heterocycles. The van der Waals surface area contributed by atoms with E-state index in [0.29, 0.717) is 0 Å². The van der Waals surface area contributed by atoms with Crippen molar-refractivity contribution in [2.75, 3.05) is 18.5 Å². The molecule has 0 saturated heterocycles. The number of aliphatic hydroxyl groups excluding tert-OH is 1. The molecule has 0 amide bonds. The summed E-state index contributed by atoms with van der Waals surface area (Å²) >= 11 is 0. The van der Waals surface area contributed by atoms with Crippen molar-refractivity contribution in [1.29, 1.82) is 5.26 Å². The second-order valence-corrected chi connectivity index (χ2v) is 3.41. The first-order valence-electron chi connectivity index (χ1n) is 4.93. The van der Waals surface area contributed by atoms with E-state index in [1.807, 2.05) is 6.07 Å². The molecule has 0 atom stereocenters. The Labute approximate surface area is 97.9 Å². The number of nitriles is 1. The molecule has 0 aliphatic carbocycles. The molecule has 0 aliphatic heterocycles. The maximum atomic E-state index is 10.8. The van der Waals surface area contributed by atoms with Crippen LogP contribution in [0.5, 0.6) is 0 Å². The average molecular weight is 236 g/mol. The number of nitrogens with zero attached hydrogens (tertiary/aromatic N) is 3. The Bertz CT molecular complexity index is 493. The fourth-order valence-electron chi connectivity index (χ4n) is 1.55. The summed E-state index contributed by atoms with van der Waals surface area (Å²) in [7, 11) is 0. The van der Waals surface area contributed by atoms with Crippen LogP contribution in [0.25, 0.3) is 0 Å². The first-order chi connectivity index (χ1) is 8.02. The number of rotatable bonds is 4. The molecule has 0 aromatic carbocycles. The summed E-state index contributed by atoms with van der Waals surface area (Å²) in [5.74, 6) is 0.266. The van der Waals surface area contributed by atoms with Gasteiger partial charge < -0.3 is 10.4 Å². The van der Waals surface area contributed by atoms with Crippen molar-refractivity contribution in [2.45, 2.75) is 13.8 Å². The van der Waals surface area contributed by atoms with Gasteiger partial charge in [0.1, 0.15) is 23.1 Å². The van der Waals surface area contributed by atoms with Crippen molar-refractivity contribution in [3.8, 4) is 6.07 Å². The van der Waals surface area contributed by atoms with Crippen molar-refractivity contribution in [3.63, 3.8) is 0 Å². The predicted octanol–water partition coefficient (Wildman–Crippen LogP) is 0.883. The predicted molar refractivity (Wildman–Crippen MR) is 60.7 cm³/mol. The number of anilines is 1. The average Bonchev–Trinajstić information content (AvgIpc) is 2.25. The van der Waals surface area contributed by atoms with Crippen LogP contribution in [0.4, 0.5) is 11.5 Å². The van der Waals surface area contributed by atoms with E-state index < -0.39 is 4.92 Å². The van der Waals surface area contributed by atoms with Gasteiger partial charge in [-0.05, 0) is 13.8 Å². The van der Waals surface area contributed by atoms with E-state index in [2.05, 4.69) is 10.3 Å². The van der Waals surface area contributed by atoms with Gasteiger partial charge >= 0.3 is 0 Å². The summed E-state index contributed by atoms with van der Waals surface area (Å²) < 4.78 is 0. The lowest BCUT2D eigenvalue weighted by Crippen LogP contribution is -2.11. The lowest BCUT2D eigenvalue weighted by Gasteiger charge is -2.09. The van der Waals surface area contributed by atoms with Crippen LogP contribution < -0.4 is 5.32 Å². The first kappa shape index (κ1) is 12.9. The van der Waals surface area contributed by atoms with E-state index in [1.54, 1.807) is 0 Å². The van der Waals surface area contributed by atoms with Crippen molar-refractivity contribution < 1.29 is 10.0 Å². The van der Waals surface area contributed by atoms with Crippen molar-refractivity contribution in [1.82, 2.24) is 4.98 Å². The molecule has 1 heterocycles. The maximum absolute atomic E-state index is 10.8. The second kappa shape index (κ2) is 5.23. The van der Waals surface area contributed by atoms with Crippen LogP contribution in [0.3, 0.4) is 0 Å². The molecule has 0 spiro atoms. The smallest absolute Gasteiger partial charge is 0.294 e. The van der Waals surface area contributed by atoms with Crippen molar-refractivity contribution >= 4 is 11.5 Å². The summed E-state index contributed by atoms with van der Waals surface area (Å²) in [4.78, 5) is 14.3. The standard InChI is InChI=1S/C10H12N4O3/c1-6-8(5-11)10(12-3-4-15)13-7(2)9(6)14(16)17/h15H,3-4H2,1-2H3,(H,12,13). The van der Waals surface area contributed by atoms with Crippen molar-refractivity contribution in [3.05, 3.63) is 26.9 Å². The van der Waals surface area contributed by atoms with Crippen LogP contribution in [0.2, 0.25) is 0 Å². The number of nitro groups is 1. The van der Waals surface area contributed by atoms with Gasteiger partial charge in [0.15, 0.2) is 0 Å². The number of pyridine rings is 1. The third-order valence-corrected chi connectivity index (χ3v) is 2.29. The van der Waals surface area contributed by atoms with Gasteiger partial charge in [-0.3, -0.25) is 10.1 Å². The Balaban J connectivity index is 3.37. The van der Waals surface area contributed by atoms with Gasteiger partial charge in [-0.15, -0.1) is 0 Å². The highest BCUT2D eigenvalue weighted by molar-refractivity contribution is 5.63. The van der Waals surface area contributed by atoms with Gasteiger partial charge in [-0.25, -0.2) is 4.98 Å². The molecular weight excluding hydrogens is 224 g/mol. The minimum absolute atomic E-state index is 0.109. The molecule has 0 saturated carbocycles. The third-order valence-electron chi connectivity index (χ3n) is 2.29. The molecule has 1 rings (SSSR count). The van der Waals surface area contributed by atoms with E-state index in [9.17, 15) is 10.1 Å². The lowest BCUT2D eigenvalue weighted by atomic mass is 10.1. The van der Waals surface area contributed by atoms with Crippen LogP contribution in [0, 0.1) is 35.3 Å². The zero-order valence-corrected chi connectivity index (χ0v) is 9.52. The molecule has 7 heteroatoms. The second-order valence-electron chi connectivity index (χ2n) is 3.41. The largest absolute Gasteiger partial charge is 0.395 e. The van der Waals surface area contributed by atoms with E-state index in [-0.39, 0.29) is 41.5 Å².